The highest BCUT2D eigenvalue weighted by molar-refractivity contribution is 6.00. The fraction of sp³-hybridized carbons (Fsp3) is 0.750. The molecule has 316 valence electrons. The number of nitrogens with zero attached hydrogens (tertiary/aromatic N) is 1. The topological polar surface area (TPSA) is 133 Å². The second-order valence-corrected chi connectivity index (χ2v) is 21.3. The van der Waals surface area contributed by atoms with Crippen LogP contribution >= 0.6 is 0 Å². The molecule has 9 atom stereocenters. The van der Waals surface area contributed by atoms with Gasteiger partial charge in [0, 0.05) is 50.4 Å². The van der Waals surface area contributed by atoms with E-state index in [1.807, 2.05) is 18.2 Å². The van der Waals surface area contributed by atoms with Crippen LogP contribution in [0.25, 0.3) is 0 Å². The molecule has 3 N–H and O–H groups in total. The molecule has 0 radical (unpaired) electrons. The van der Waals surface area contributed by atoms with Gasteiger partial charge in [-0.05, 0) is 116 Å². The third kappa shape index (κ3) is 7.44. The zero-order valence-corrected chi connectivity index (χ0v) is 36.6. The van der Waals surface area contributed by atoms with Gasteiger partial charge in [0.15, 0.2) is 5.78 Å². The smallest absolute Gasteiger partial charge is 0.309 e. The highest BCUT2D eigenvalue weighted by Gasteiger charge is 2.71. The monoisotopic (exact) mass is 789 g/mol. The number of carboxylic acids is 1. The molecule has 0 aromatic heterocycles. The van der Waals surface area contributed by atoms with Crippen molar-refractivity contribution in [1.82, 2.24) is 10.2 Å². The Bertz CT molecular complexity index is 1750. The van der Waals surface area contributed by atoms with E-state index in [1.54, 1.807) is 13.8 Å². The van der Waals surface area contributed by atoms with Crippen LogP contribution in [0, 0.1) is 56.2 Å². The molecular weight excluding hydrogens is 717 g/mol. The van der Waals surface area contributed by atoms with Gasteiger partial charge in [-0.25, -0.2) is 0 Å². The van der Waals surface area contributed by atoms with E-state index in [4.69, 9.17) is 4.74 Å². The lowest BCUT2D eigenvalue weighted by Crippen LogP contribution is -2.66. The number of Topliss-reactive ketones (excluding diaryl/α,β-unsaturated/α-hetero) is 1. The van der Waals surface area contributed by atoms with E-state index < -0.39 is 28.9 Å². The Morgan fingerprint density at radius 1 is 0.930 bits per heavy atom. The van der Waals surface area contributed by atoms with E-state index >= 15 is 0 Å². The number of rotatable bonds is 13. The second kappa shape index (κ2) is 15.5. The van der Waals surface area contributed by atoms with Crippen molar-refractivity contribution in [3.05, 3.63) is 47.0 Å². The zero-order chi connectivity index (χ0) is 41.9. The number of amides is 1. The largest absolute Gasteiger partial charge is 0.481 e. The van der Waals surface area contributed by atoms with Crippen molar-refractivity contribution in [2.24, 2.45) is 56.2 Å². The minimum absolute atomic E-state index is 0.0157. The van der Waals surface area contributed by atoms with Gasteiger partial charge in [-0.1, -0.05) is 84.4 Å². The first-order valence-corrected chi connectivity index (χ1v) is 21.9. The Morgan fingerprint density at radius 2 is 1.61 bits per heavy atom. The normalized spacial score (nSPS) is 35.2. The summed E-state index contributed by atoms with van der Waals surface area (Å²) in [5.74, 6) is -0.209. The summed E-state index contributed by atoms with van der Waals surface area (Å²) in [7, 11) is 0. The summed E-state index contributed by atoms with van der Waals surface area (Å²) >= 11 is 0. The van der Waals surface area contributed by atoms with Crippen LogP contribution in [-0.2, 0) is 30.5 Å². The molecule has 0 saturated heterocycles. The SMILES string of the molecule is CC(=O)NCCN(Cc1ccccc1)CC(O)C12CC[C@]3(C)[C@H](CC[C@@H]4[C@@]5(C)CC[C@H](OC(=O)CC(C)(C)C(=O)O)C(C)(C)[C@@H]5CC[C@]43C)C1=C(C(C)C)C(=O)C2. The van der Waals surface area contributed by atoms with Gasteiger partial charge >= 0.3 is 11.9 Å². The maximum Gasteiger partial charge on any atom is 0.309 e. The van der Waals surface area contributed by atoms with Gasteiger partial charge in [0.05, 0.1) is 17.9 Å². The first kappa shape index (κ1) is 43.5. The van der Waals surface area contributed by atoms with Gasteiger partial charge in [-0.3, -0.25) is 24.1 Å². The van der Waals surface area contributed by atoms with E-state index in [9.17, 15) is 29.4 Å². The maximum absolute atomic E-state index is 14.3. The number of allylic oxidation sites excluding steroid dienone is 1. The third-order valence-electron chi connectivity index (χ3n) is 17.0. The van der Waals surface area contributed by atoms with Crippen LogP contribution < -0.4 is 5.32 Å². The van der Waals surface area contributed by atoms with Crippen LogP contribution in [0.3, 0.4) is 0 Å². The number of ether oxygens (including phenoxy) is 1. The lowest BCUT2D eigenvalue weighted by molar-refractivity contribution is -0.235. The van der Waals surface area contributed by atoms with Crippen molar-refractivity contribution in [3.8, 4) is 0 Å². The van der Waals surface area contributed by atoms with Crippen LogP contribution in [0.5, 0.6) is 0 Å². The van der Waals surface area contributed by atoms with Gasteiger partial charge in [-0.15, -0.1) is 0 Å². The van der Waals surface area contributed by atoms with Gasteiger partial charge in [0.25, 0.3) is 0 Å². The molecule has 1 aromatic rings. The molecule has 1 aromatic carbocycles. The van der Waals surface area contributed by atoms with E-state index in [-0.39, 0.29) is 57.7 Å². The minimum Gasteiger partial charge on any atom is -0.481 e. The number of esters is 1. The van der Waals surface area contributed by atoms with Gasteiger partial charge in [0.2, 0.25) is 5.91 Å². The lowest BCUT2D eigenvalue weighted by atomic mass is 9.33. The molecule has 1 amide bonds. The van der Waals surface area contributed by atoms with Crippen molar-refractivity contribution in [3.63, 3.8) is 0 Å². The fourth-order valence-corrected chi connectivity index (χ4v) is 13.8. The van der Waals surface area contributed by atoms with E-state index in [0.29, 0.717) is 44.4 Å². The van der Waals surface area contributed by atoms with Crippen LogP contribution in [0.2, 0.25) is 0 Å². The average Bonchev–Trinajstić information content (AvgIpc) is 3.43. The number of carboxylic acid groups (broad SMARTS) is 1. The molecule has 5 aliphatic carbocycles. The Hall–Kier alpha value is -3.04. The van der Waals surface area contributed by atoms with Gasteiger partial charge in [-0.2, -0.15) is 0 Å². The Morgan fingerprint density at radius 3 is 2.25 bits per heavy atom. The van der Waals surface area contributed by atoms with Crippen LogP contribution in [0.1, 0.15) is 139 Å². The van der Waals surface area contributed by atoms with E-state index in [1.165, 1.54) is 12.5 Å². The van der Waals surface area contributed by atoms with Gasteiger partial charge < -0.3 is 20.3 Å². The second-order valence-electron chi connectivity index (χ2n) is 21.3. The molecule has 57 heavy (non-hydrogen) atoms. The molecule has 6 rings (SSSR count). The zero-order valence-electron chi connectivity index (χ0n) is 36.6. The molecule has 5 aliphatic rings. The molecule has 4 saturated carbocycles. The summed E-state index contributed by atoms with van der Waals surface area (Å²) in [5.41, 5.74) is 1.32. The fourth-order valence-electron chi connectivity index (χ4n) is 13.8. The molecule has 0 bridgehead atoms. The molecular formula is C48H72N2O7. The summed E-state index contributed by atoms with van der Waals surface area (Å²) in [6, 6.07) is 10.3. The highest BCUT2D eigenvalue weighted by atomic mass is 16.5. The maximum atomic E-state index is 14.3. The molecule has 0 heterocycles. The number of benzene rings is 1. The van der Waals surface area contributed by atoms with Crippen molar-refractivity contribution < 1.29 is 34.1 Å². The Kier molecular flexibility index (Phi) is 11.9. The lowest BCUT2D eigenvalue weighted by Gasteiger charge is -2.72. The summed E-state index contributed by atoms with van der Waals surface area (Å²) in [4.78, 5) is 53.3. The van der Waals surface area contributed by atoms with Crippen molar-refractivity contribution in [2.75, 3.05) is 19.6 Å². The summed E-state index contributed by atoms with van der Waals surface area (Å²) in [6.07, 6.45) is 6.83. The molecule has 4 fully saturated rings. The molecule has 9 heteroatoms. The molecule has 0 spiro atoms. The van der Waals surface area contributed by atoms with Crippen LogP contribution in [0.4, 0.5) is 0 Å². The van der Waals surface area contributed by atoms with Crippen molar-refractivity contribution in [2.45, 2.75) is 152 Å². The number of aliphatic hydroxyl groups excluding tert-OH is 1. The molecule has 0 aliphatic heterocycles. The summed E-state index contributed by atoms with van der Waals surface area (Å²) < 4.78 is 6.19. The van der Waals surface area contributed by atoms with Crippen molar-refractivity contribution >= 4 is 23.6 Å². The first-order chi connectivity index (χ1) is 26.5. The number of carbonyl (C=O) groups excluding carboxylic acids is 3. The minimum atomic E-state index is -1.18. The average molecular weight is 789 g/mol. The summed E-state index contributed by atoms with van der Waals surface area (Å²) in [6.45, 7) is 23.3. The summed E-state index contributed by atoms with van der Waals surface area (Å²) in [5, 5.41) is 25.2. The number of fused-ring (bicyclic) bond motifs is 7. The Labute approximate surface area is 342 Å². The number of nitrogens with one attached hydrogen (secondary N) is 1. The predicted octanol–water partition coefficient (Wildman–Crippen LogP) is 8.38. The predicted molar refractivity (Wildman–Crippen MR) is 222 cm³/mol. The number of aliphatic hydroxyl groups is 1. The van der Waals surface area contributed by atoms with Crippen LogP contribution in [0.15, 0.2) is 41.5 Å². The number of hydrogen-bond donors (Lipinski definition) is 3. The molecule has 9 nitrogen and oxygen atoms in total. The van der Waals surface area contributed by atoms with E-state index in [2.05, 4.69) is 70.8 Å². The number of ketones is 1. The third-order valence-corrected chi connectivity index (χ3v) is 17.0. The number of carbonyl (C=O) groups is 4. The first-order valence-electron chi connectivity index (χ1n) is 21.9. The standard InChI is InChI=1S/C48H72N2O7/c1-30(2)40-34(52)26-48(37(53)29-50(25-24-49-31(3)51)28-32-14-12-11-13-15-32)23-22-46(9)33(41(40)48)16-17-36-45(8)20-19-38(57-39(54)27-43(4,5)42(55)56)44(6,7)35(45)18-21-47(36,46)10/h11-15,30,33,35-38,53H,16-29H2,1-10H3,(H,49,51)(H,55,56)/t33-,35+,36-,37?,38+,45+,46-,47-,48?/m1/s1. The number of hydrogen-bond acceptors (Lipinski definition) is 7. The van der Waals surface area contributed by atoms with Crippen LogP contribution in [-0.4, -0.2) is 70.6 Å². The highest BCUT2D eigenvalue weighted by Crippen LogP contribution is 2.77. The number of aliphatic carboxylic acids is 1. The van der Waals surface area contributed by atoms with E-state index in [0.717, 1.165) is 62.5 Å². The van der Waals surface area contributed by atoms with Crippen molar-refractivity contribution in [1.29, 1.82) is 0 Å². The quantitative estimate of drug-likeness (QED) is 0.170. The van der Waals surface area contributed by atoms with Gasteiger partial charge in [0.1, 0.15) is 6.10 Å². The molecule has 2 unspecified atom stereocenters. The Balaban J connectivity index is 1.28.